The summed E-state index contributed by atoms with van der Waals surface area (Å²) in [4.78, 5) is 32.6. The van der Waals surface area contributed by atoms with Crippen molar-refractivity contribution in [2.75, 3.05) is 0 Å². The summed E-state index contributed by atoms with van der Waals surface area (Å²) in [6.07, 6.45) is 3.01. The average Bonchev–Trinajstić information content (AvgIpc) is 3.41. The number of aryl methyl sites for hydroxylation is 2. The number of carbonyl (C=O) groups excluding carboxylic acids is 1. The van der Waals surface area contributed by atoms with Crippen LogP contribution in [0.1, 0.15) is 35.8 Å². The van der Waals surface area contributed by atoms with E-state index in [0.29, 0.717) is 11.2 Å². The minimum absolute atomic E-state index is 0.00187. The number of amides is 1. The number of nitrogens with one attached hydrogen (secondary N) is 1. The van der Waals surface area contributed by atoms with Crippen LogP contribution in [-0.4, -0.2) is 15.5 Å². The highest BCUT2D eigenvalue weighted by Gasteiger charge is 2.23. The molecule has 7 heteroatoms. The van der Waals surface area contributed by atoms with Gasteiger partial charge in [0.25, 0.3) is 5.56 Å². The van der Waals surface area contributed by atoms with Gasteiger partial charge in [-0.1, -0.05) is 30.3 Å². The molecule has 0 bridgehead atoms. The maximum absolute atomic E-state index is 13.3. The molecule has 3 aromatic heterocycles. The van der Waals surface area contributed by atoms with Crippen molar-refractivity contribution in [3.8, 4) is 10.4 Å². The van der Waals surface area contributed by atoms with Crippen molar-refractivity contribution in [2.24, 2.45) is 0 Å². The largest absolute Gasteiger partial charge is 0.348 e. The van der Waals surface area contributed by atoms with Crippen molar-refractivity contribution in [3.05, 3.63) is 74.5 Å². The molecule has 152 valence electrons. The number of aromatic nitrogens is 2. The van der Waals surface area contributed by atoms with Gasteiger partial charge in [-0.3, -0.25) is 14.2 Å². The molecule has 0 saturated heterocycles. The minimum atomic E-state index is -0.157. The Morgan fingerprint density at radius 3 is 2.93 bits per heavy atom. The SMILES string of the molecule is Cc1nc2scc(-c3cccs3)c2c(=O)n1CC(=O)N[C@@H]1CCCc2ccccc21. The number of thiophene rings is 2. The van der Waals surface area contributed by atoms with Gasteiger partial charge in [0, 0.05) is 15.8 Å². The van der Waals surface area contributed by atoms with Crippen molar-refractivity contribution in [1.82, 2.24) is 14.9 Å². The first-order chi connectivity index (χ1) is 14.6. The van der Waals surface area contributed by atoms with Crippen molar-refractivity contribution < 1.29 is 4.79 Å². The lowest BCUT2D eigenvalue weighted by Crippen LogP contribution is -2.37. The first-order valence-corrected chi connectivity index (χ1v) is 11.8. The van der Waals surface area contributed by atoms with Gasteiger partial charge in [-0.2, -0.15) is 0 Å². The van der Waals surface area contributed by atoms with Crippen LogP contribution < -0.4 is 10.9 Å². The van der Waals surface area contributed by atoms with Crippen molar-refractivity contribution >= 4 is 38.8 Å². The lowest BCUT2D eigenvalue weighted by molar-refractivity contribution is -0.122. The second-order valence-corrected chi connectivity index (χ2v) is 9.37. The van der Waals surface area contributed by atoms with Crippen LogP contribution in [0.5, 0.6) is 0 Å². The standard InChI is InChI=1S/C23H21N3O2S2/c1-14-24-22-21(17(13-30-22)19-10-5-11-29-19)23(28)26(14)12-20(27)25-18-9-4-7-15-6-2-3-8-16(15)18/h2-3,5-6,8,10-11,13,18H,4,7,9,12H2,1H3,(H,25,27)/t18-/m1/s1. The molecule has 5 rings (SSSR count). The van der Waals surface area contributed by atoms with Crippen LogP contribution in [0, 0.1) is 6.92 Å². The number of carbonyl (C=O) groups is 1. The van der Waals surface area contributed by atoms with E-state index in [9.17, 15) is 9.59 Å². The van der Waals surface area contributed by atoms with Gasteiger partial charge in [0.15, 0.2) is 0 Å². The van der Waals surface area contributed by atoms with Crippen molar-refractivity contribution in [1.29, 1.82) is 0 Å². The highest BCUT2D eigenvalue weighted by atomic mass is 32.1. The topological polar surface area (TPSA) is 64.0 Å². The quantitative estimate of drug-likeness (QED) is 0.506. The fraction of sp³-hybridized carbons (Fsp3) is 0.261. The molecule has 1 N–H and O–H groups in total. The van der Waals surface area contributed by atoms with Gasteiger partial charge in [-0.15, -0.1) is 22.7 Å². The van der Waals surface area contributed by atoms with E-state index in [0.717, 1.165) is 34.5 Å². The molecule has 30 heavy (non-hydrogen) atoms. The van der Waals surface area contributed by atoms with Gasteiger partial charge in [-0.25, -0.2) is 4.98 Å². The zero-order valence-electron chi connectivity index (χ0n) is 16.6. The summed E-state index contributed by atoms with van der Waals surface area (Å²) in [6, 6.07) is 12.2. The summed E-state index contributed by atoms with van der Waals surface area (Å²) in [5.41, 5.74) is 3.23. The third kappa shape index (κ3) is 3.38. The highest BCUT2D eigenvalue weighted by molar-refractivity contribution is 7.18. The van der Waals surface area contributed by atoms with Gasteiger partial charge >= 0.3 is 0 Å². The van der Waals surface area contributed by atoms with Crippen LogP contribution in [0.15, 0.2) is 52.0 Å². The van der Waals surface area contributed by atoms with Gasteiger partial charge in [0.2, 0.25) is 5.91 Å². The third-order valence-corrected chi connectivity index (χ3v) is 7.45. The second kappa shape index (κ2) is 7.81. The zero-order chi connectivity index (χ0) is 20.7. The zero-order valence-corrected chi connectivity index (χ0v) is 18.2. The predicted octanol–water partition coefficient (Wildman–Crippen LogP) is 4.69. The molecule has 1 aliphatic rings. The molecule has 1 aromatic carbocycles. The number of fused-ring (bicyclic) bond motifs is 2. The Hall–Kier alpha value is -2.77. The molecule has 0 spiro atoms. The number of rotatable bonds is 4. The Labute approximate surface area is 182 Å². The maximum Gasteiger partial charge on any atom is 0.263 e. The molecule has 3 heterocycles. The predicted molar refractivity (Wildman–Crippen MR) is 122 cm³/mol. The average molecular weight is 436 g/mol. The summed E-state index contributed by atoms with van der Waals surface area (Å²) in [6.45, 7) is 1.76. The monoisotopic (exact) mass is 435 g/mol. The maximum atomic E-state index is 13.3. The molecule has 5 nitrogen and oxygen atoms in total. The van der Waals surface area contributed by atoms with Crippen LogP contribution >= 0.6 is 22.7 Å². The Kier molecular flexibility index (Phi) is 5.00. The lowest BCUT2D eigenvalue weighted by atomic mass is 9.88. The van der Waals surface area contributed by atoms with E-state index in [-0.39, 0.29) is 24.1 Å². The molecule has 0 fully saturated rings. The molecule has 1 aliphatic carbocycles. The first kappa shape index (κ1) is 19.2. The summed E-state index contributed by atoms with van der Waals surface area (Å²) < 4.78 is 1.50. The first-order valence-electron chi connectivity index (χ1n) is 10.0. The smallest absolute Gasteiger partial charge is 0.263 e. The van der Waals surface area contributed by atoms with E-state index in [1.165, 1.54) is 27.0 Å². The molecule has 0 radical (unpaired) electrons. The summed E-state index contributed by atoms with van der Waals surface area (Å²) >= 11 is 3.07. The summed E-state index contributed by atoms with van der Waals surface area (Å²) in [7, 11) is 0. The second-order valence-electron chi connectivity index (χ2n) is 7.57. The van der Waals surface area contributed by atoms with E-state index in [4.69, 9.17) is 0 Å². The van der Waals surface area contributed by atoms with Gasteiger partial charge in [-0.05, 0) is 48.8 Å². The summed E-state index contributed by atoms with van der Waals surface area (Å²) in [5.74, 6) is 0.405. The Balaban J connectivity index is 1.45. The molecule has 0 aliphatic heterocycles. The highest BCUT2D eigenvalue weighted by Crippen LogP contribution is 2.34. The van der Waals surface area contributed by atoms with Crippen LogP contribution in [-0.2, 0) is 17.8 Å². The van der Waals surface area contributed by atoms with E-state index in [1.54, 1.807) is 18.3 Å². The third-order valence-electron chi connectivity index (χ3n) is 5.68. The lowest BCUT2D eigenvalue weighted by Gasteiger charge is -2.26. The van der Waals surface area contributed by atoms with Gasteiger partial charge < -0.3 is 5.32 Å². The molecular weight excluding hydrogens is 414 g/mol. The molecule has 1 amide bonds. The van der Waals surface area contributed by atoms with Crippen LogP contribution in [0.25, 0.3) is 20.7 Å². The van der Waals surface area contributed by atoms with Crippen LogP contribution in [0.2, 0.25) is 0 Å². The van der Waals surface area contributed by atoms with E-state index < -0.39 is 0 Å². The molecule has 0 saturated carbocycles. The fourth-order valence-corrected chi connectivity index (χ4v) is 6.01. The van der Waals surface area contributed by atoms with Gasteiger partial charge in [0.1, 0.15) is 17.2 Å². The van der Waals surface area contributed by atoms with Crippen molar-refractivity contribution in [2.45, 2.75) is 38.8 Å². The Bertz CT molecular complexity index is 1290. The molecular formula is C23H21N3O2S2. The normalized spacial score (nSPS) is 15.8. The van der Waals surface area contributed by atoms with E-state index in [2.05, 4.69) is 22.4 Å². The van der Waals surface area contributed by atoms with Crippen molar-refractivity contribution in [3.63, 3.8) is 0 Å². The molecule has 4 aromatic rings. The number of hydrogen-bond donors (Lipinski definition) is 1. The van der Waals surface area contributed by atoms with Crippen LogP contribution in [0.3, 0.4) is 0 Å². The fourth-order valence-electron chi connectivity index (χ4n) is 4.21. The molecule has 1 atom stereocenters. The van der Waals surface area contributed by atoms with E-state index >= 15 is 0 Å². The number of hydrogen-bond acceptors (Lipinski definition) is 5. The van der Waals surface area contributed by atoms with E-state index in [1.807, 2.05) is 35.0 Å². The molecule has 0 unspecified atom stereocenters. The number of benzene rings is 1. The van der Waals surface area contributed by atoms with Crippen LogP contribution in [0.4, 0.5) is 0 Å². The number of nitrogens with zero attached hydrogens (tertiary/aromatic N) is 2. The Morgan fingerprint density at radius 2 is 2.10 bits per heavy atom. The Morgan fingerprint density at radius 1 is 1.23 bits per heavy atom. The summed E-state index contributed by atoms with van der Waals surface area (Å²) in [5, 5.41) is 7.72. The minimum Gasteiger partial charge on any atom is -0.348 e. The van der Waals surface area contributed by atoms with Gasteiger partial charge in [0.05, 0.1) is 11.4 Å².